The van der Waals surface area contributed by atoms with Crippen molar-refractivity contribution in [1.29, 1.82) is 0 Å². The molecule has 6 nitrogen and oxygen atoms in total. The summed E-state index contributed by atoms with van der Waals surface area (Å²) in [5, 5.41) is 0. The van der Waals surface area contributed by atoms with Gasteiger partial charge in [-0.3, -0.25) is 0 Å². The van der Waals surface area contributed by atoms with Gasteiger partial charge in [-0.1, -0.05) is 117 Å². The molecule has 0 saturated carbocycles. The number of hydrogen-bond donors (Lipinski definition) is 0. The third-order valence-electron chi connectivity index (χ3n) is 8.06. The fourth-order valence-corrected chi connectivity index (χ4v) is 5.11. The van der Waals surface area contributed by atoms with Gasteiger partial charge in [-0.05, 0) is 64.3 Å². The van der Waals surface area contributed by atoms with Gasteiger partial charge in [0.05, 0.1) is 11.1 Å². The SMILES string of the molecule is CCCCCCCCCCCN(C)CCOC(=O)c1ccc(C(=O)OCCN(C)CCCCCCCCCCC)cc1. The van der Waals surface area contributed by atoms with E-state index >= 15 is 0 Å². The van der Waals surface area contributed by atoms with Crippen molar-refractivity contribution in [3.63, 3.8) is 0 Å². The molecule has 6 heteroatoms. The highest BCUT2D eigenvalue weighted by atomic mass is 16.5. The van der Waals surface area contributed by atoms with Crippen LogP contribution in [0.3, 0.4) is 0 Å². The number of esters is 2. The van der Waals surface area contributed by atoms with Gasteiger partial charge in [-0.15, -0.1) is 0 Å². The van der Waals surface area contributed by atoms with Gasteiger partial charge < -0.3 is 19.3 Å². The van der Waals surface area contributed by atoms with E-state index in [1.807, 2.05) is 0 Å². The number of unbranched alkanes of at least 4 members (excludes halogenated alkanes) is 16. The third kappa shape index (κ3) is 20.9. The van der Waals surface area contributed by atoms with Crippen LogP contribution >= 0.6 is 0 Å². The van der Waals surface area contributed by atoms with Crippen molar-refractivity contribution in [1.82, 2.24) is 9.80 Å². The number of carbonyl (C=O) groups excluding carboxylic acids is 2. The van der Waals surface area contributed by atoms with E-state index in [-0.39, 0.29) is 11.9 Å². The van der Waals surface area contributed by atoms with Crippen molar-refractivity contribution in [3.8, 4) is 0 Å². The van der Waals surface area contributed by atoms with E-state index in [1.54, 1.807) is 24.3 Å². The number of ether oxygens (including phenoxy) is 2. The fraction of sp³-hybridized carbons (Fsp3) is 0.778. The first-order valence-corrected chi connectivity index (χ1v) is 17.3. The van der Waals surface area contributed by atoms with Crippen LogP contribution < -0.4 is 0 Å². The molecule has 0 amide bonds. The lowest BCUT2D eigenvalue weighted by Crippen LogP contribution is -2.25. The van der Waals surface area contributed by atoms with E-state index < -0.39 is 0 Å². The minimum atomic E-state index is -0.357. The Morgan fingerprint density at radius 3 is 1.07 bits per heavy atom. The molecule has 0 aliphatic heterocycles. The molecule has 0 spiro atoms. The molecular weight excluding hydrogens is 524 g/mol. The Balaban J connectivity index is 2.10. The van der Waals surface area contributed by atoms with Gasteiger partial charge >= 0.3 is 11.9 Å². The first-order chi connectivity index (χ1) is 20.5. The highest BCUT2D eigenvalue weighted by Crippen LogP contribution is 2.12. The van der Waals surface area contributed by atoms with Gasteiger partial charge in [0.25, 0.3) is 0 Å². The first kappa shape index (κ1) is 38.1. The Hall–Kier alpha value is -1.92. The Kier molecular flexibility index (Phi) is 24.2. The van der Waals surface area contributed by atoms with E-state index in [0.717, 1.165) is 26.2 Å². The summed E-state index contributed by atoms with van der Waals surface area (Å²) in [6.07, 6.45) is 23.8. The van der Waals surface area contributed by atoms with Crippen LogP contribution in [0.15, 0.2) is 24.3 Å². The molecule has 1 aromatic carbocycles. The summed E-state index contributed by atoms with van der Waals surface area (Å²) in [5.74, 6) is -0.714. The quantitative estimate of drug-likeness (QED) is 0.0719. The Morgan fingerprint density at radius 1 is 0.476 bits per heavy atom. The van der Waals surface area contributed by atoms with Gasteiger partial charge in [0, 0.05) is 13.1 Å². The second-order valence-corrected chi connectivity index (χ2v) is 12.1. The van der Waals surface area contributed by atoms with Crippen molar-refractivity contribution in [3.05, 3.63) is 35.4 Å². The lowest BCUT2D eigenvalue weighted by Gasteiger charge is -2.16. The highest BCUT2D eigenvalue weighted by molar-refractivity contribution is 5.93. The topological polar surface area (TPSA) is 59.1 Å². The zero-order chi connectivity index (χ0) is 30.7. The minimum absolute atomic E-state index is 0.357. The predicted octanol–water partition coefficient (Wildman–Crippen LogP) is 8.93. The summed E-state index contributed by atoms with van der Waals surface area (Å²) in [4.78, 5) is 29.3. The summed E-state index contributed by atoms with van der Waals surface area (Å²) < 4.78 is 10.9. The maximum atomic E-state index is 12.4. The molecule has 0 aliphatic rings. The maximum Gasteiger partial charge on any atom is 0.338 e. The third-order valence-corrected chi connectivity index (χ3v) is 8.06. The second-order valence-electron chi connectivity index (χ2n) is 12.1. The molecule has 0 unspecified atom stereocenters. The van der Waals surface area contributed by atoms with Crippen molar-refractivity contribution < 1.29 is 19.1 Å². The second kappa shape index (κ2) is 26.7. The van der Waals surface area contributed by atoms with Crippen molar-refractivity contribution in [2.24, 2.45) is 0 Å². The number of carbonyl (C=O) groups is 2. The zero-order valence-electron chi connectivity index (χ0n) is 27.8. The van der Waals surface area contributed by atoms with E-state index in [9.17, 15) is 9.59 Å². The van der Waals surface area contributed by atoms with Crippen molar-refractivity contribution in [2.45, 2.75) is 129 Å². The van der Waals surface area contributed by atoms with E-state index in [0.29, 0.717) is 24.3 Å². The Bertz CT molecular complexity index is 718. The average molecular weight is 589 g/mol. The number of hydrogen-bond acceptors (Lipinski definition) is 6. The normalized spacial score (nSPS) is 11.4. The summed E-state index contributed by atoms with van der Waals surface area (Å²) in [6, 6.07) is 6.56. The molecule has 0 heterocycles. The lowest BCUT2D eigenvalue weighted by atomic mass is 10.1. The van der Waals surface area contributed by atoms with E-state index in [1.165, 1.54) is 116 Å². The number of rotatable bonds is 28. The fourth-order valence-electron chi connectivity index (χ4n) is 5.11. The minimum Gasteiger partial charge on any atom is -0.461 e. The number of nitrogens with zero attached hydrogens (tertiary/aromatic N) is 2. The molecule has 0 N–H and O–H groups in total. The molecule has 42 heavy (non-hydrogen) atoms. The molecule has 242 valence electrons. The summed E-state index contributed by atoms with van der Waals surface area (Å²) in [6.45, 7) is 8.75. The van der Waals surface area contributed by atoms with Gasteiger partial charge in [0.1, 0.15) is 13.2 Å². The van der Waals surface area contributed by atoms with Crippen LogP contribution in [0.25, 0.3) is 0 Å². The largest absolute Gasteiger partial charge is 0.461 e. The zero-order valence-corrected chi connectivity index (χ0v) is 27.8. The monoisotopic (exact) mass is 588 g/mol. The summed E-state index contributed by atoms with van der Waals surface area (Å²) >= 11 is 0. The van der Waals surface area contributed by atoms with Crippen LogP contribution in [0.2, 0.25) is 0 Å². The number of benzene rings is 1. The Morgan fingerprint density at radius 2 is 0.762 bits per heavy atom. The highest BCUT2D eigenvalue weighted by Gasteiger charge is 2.12. The van der Waals surface area contributed by atoms with Crippen molar-refractivity contribution >= 4 is 11.9 Å². The van der Waals surface area contributed by atoms with E-state index in [2.05, 4.69) is 37.7 Å². The molecule has 0 atom stereocenters. The molecule has 1 aromatic rings. The van der Waals surface area contributed by atoms with Gasteiger partial charge in [0.15, 0.2) is 0 Å². The average Bonchev–Trinajstić information content (AvgIpc) is 2.99. The summed E-state index contributed by atoms with van der Waals surface area (Å²) in [7, 11) is 4.15. The molecule has 0 aromatic heterocycles. The van der Waals surface area contributed by atoms with Crippen LogP contribution in [0.4, 0.5) is 0 Å². The van der Waals surface area contributed by atoms with Crippen molar-refractivity contribution in [2.75, 3.05) is 53.5 Å². The smallest absolute Gasteiger partial charge is 0.338 e. The van der Waals surface area contributed by atoms with Gasteiger partial charge in [-0.2, -0.15) is 0 Å². The molecule has 0 saturated heterocycles. The van der Waals surface area contributed by atoms with E-state index in [4.69, 9.17) is 9.47 Å². The number of likely N-dealkylation sites (N-methyl/N-ethyl adjacent to an activating group) is 2. The standard InChI is InChI=1S/C36H64N2O4/c1-5-7-9-11-13-15-17-19-21-27-37(3)29-31-41-35(39)33-23-25-34(26-24-33)36(40)42-32-30-38(4)28-22-20-18-16-14-12-10-8-6-2/h23-26H,5-22,27-32H2,1-4H3. The van der Waals surface area contributed by atoms with Crippen LogP contribution in [0, 0.1) is 0 Å². The molecule has 0 fully saturated rings. The molecule has 0 aliphatic carbocycles. The summed E-state index contributed by atoms with van der Waals surface area (Å²) in [5.41, 5.74) is 0.905. The van der Waals surface area contributed by atoms with Crippen LogP contribution in [0.5, 0.6) is 0 Å². The first-order valence-electron chi connectivity index (χ1n) is 17.3. The van der Waals surface area contributed by atoms with Gasteiger partial charge in [0.2, 0.25) is 0 Å². The molecule has 0 radical (unpaired) electrons. The van der Waals surface area contributed by atoms with Gasteiger partial charge in [-0.25, -0.2) is 9.59 Å². The molecular formula is C36H64N2O4. The van der Waals surface area contributed by atoms with Crippen LogP contribution in [-0.2, 0) is 9.47 Å². The Labute approximate surface area is 258 Å². The maximum absolute atomic E-state index is 12.4. The van der Waals surface area contributed by atoms with Crippen LogP contribution in [0.1, 0.15) is 150 Å². The predicted molar refractivity (Wildman–Crippen MR) is 176 cm³/mol. The molecule has 0 bridgehead atoms. The lowest BCUT2D eigenvalue weighted by molar-refractivity contribution is 0.0458. The van der Waals surface area contributed by atoms with Crippen LogP contribution in [-0.4, -0.2) is 75.2 Å². The molecule has 1 rings (SSSR count).